The molecule has 0 bridgehead atoms. The molecule has 2 aromatic carbocycles. The predicted octanol–water partition coefficient (Wildman–Crippen LogP) is 3.75. The molecule has 2 nitrogen and oxygen atoms in total. The maximum absolute atomic E-state index is 5.43. The first-order valence-electron chi connectivity index (χ1n) is 6.44. The number of anilines is 1. The molecule has 1 heterocycles. The van der Waals surface area contributed by atoms with Crippen LogP contribution < -0.4 is 4.90 Å². The molecule has 0 N–H and O–H groups in total. The third-order valence-electron chi connectivity index (χ3n) is 3.33. The Kier molecular flexibility index (Phi) is 3.85. The van der Waals surface area contributed by atoms with Gasteiger partial charge in [0.2, 0.25) is 0 Å². The van der Waals surface area contributed by atoms with Gasteiger partial charge in [-0.3, -0.25) is 0 Å². The van der Waals surface area contributed by atoms with E-state index < -0.39 is 0 Å². The second-order valence-electron chi connectivity index (χ2n) is 4.51. The minimum absolute atomic E-state index is 0.800. The highest BCUT2D eigenvalue weighted by molar-refractivity contribution is 9.10. The maximum atomic E-state index is 5.43. The van der Waals surface area contributed by atoms with Crippen molar-refractivity contribution in [1.29, 1.82) is 0 Å². The van der Waals surface area contributed by atoms with E-state index in [1.54, 1.807) is 0 Å². The summed E-state index contributed by atoms with van der Waals surface area (Å²) < 4.78 is 6.51. The number of hydrogen-bond acceptors (Lipinski definition) is 2. The molecule has 1 saturated heterocycles. The average Bonchev–Trinajstić information content (AvgIpc) is 2.49. The first kappa shape index (κ1) is 12.7. The van der Waals surface area contributed by atoms with Crippen molar-refractivity contribution in [2.24, 2.45) is 0 Å². The first-order chi connectivity index (χ1) is 9.36. The molecule has 1 aliphatic rings. The fourth-order valence-electron chi connectivity index (χ4n) is 2.39. The molecule has 0 aliphatic carbocycles. The van der Waals surface area contributed by atoms with E-state index in [1.165, 1.54) is 11.3 Å². The summed E-state index contributed by atoms with van der Waals surface area (Å²) in [4.78, 5) is 2.38. The van der Waals surface area contributed by atoms with Gasteiger partial charge in [-0.2, -0.15) is 0 Å². The van der Waals surface area contributed by atoms with E-state index in [1.807, 2.05) is 12.1 Å². The second kappa shape index (κ2) is 5.76. The molecule has 1 radical (unpaired) electrons. The van der Waals surface area contributed by atoms with Gasteiger partial charge >= 0.3 is 0 Å². The Hall–Kier alpha value is -1.32. The van der Waals surface area contributed by atoms with E-state index in [9.17, 15) is 0 Å². The van der Waals surface area contributed by atoms with Crippen molar-refractivity contribution >= 4 is 21.6 Å². The van der Waals surface area contributed by atoms with Gasteiger partial charge < -0.3 is 9.64 Å². The fourth-order valence-corrected chi connectivity index (χ4v) is 2.87. The molecule has 0 spiro atoms. The van der Waals surface area contributed by atoms with Gasteiger partial charge in [-0.1, -0.05) is 46.3 Å². The van der Waals surface area contributed by atoms with Crippen LogP contribution in [0, 0.1) is 6.07 Å². The molecule has 2 aromatic rings. The van der Waals surface area contributed by atoms with Gasteiger partial charge in [0, 0.05) is 34.4 Å². The quantitative estimate of drug-likeness (QED) is 0.836. The second-order valence-corrected chi connectivity index (χ2v) is 5.36. The van der Waals surface area contributed by atoms with Crippen LogP contribution >= 0.6 is 15.9 Å². The van der Waals surface area contributed by atoms with Crippen molar-refractivity contribution in [2.75, 3.05) is 31.2 Å². The number of ether oxygens (including phenoxy) is 1. The van der Waals surface area contributed by atoms with E-state index in [0.717, 1.165) is 36.3 Å². The molecule has 0 aromatic heterocycles. The summed E-state index contributed by atoms with van der Waals surface area (Å²) in [5.74, 6) is 0. The fraction of sp³-hybridized carbons (Fsp3) is 0.250. The zero-order valence-corrected chi connectivity index (χ0v) is 12.2. The summed E-state index contributed by atoms with van der Waals surface area (Å²) in [7, 11) is 0. The molecule has 19 heavy (non-hydrogen) atoms. The molecular formula is C16H15BrNO. The van der Waals surface area contributed by atoms with Crippen LogP contribution in [-0.2, 0) is 4.74 Å². The van der Waals surface area contributed by atoms with E-state index in [0.29, 0.717) is 0 Å². The Labute approximate surface area is 122 Å². The number of benzene rings is 2. The van der Waals surface area contributed by atoms with Crippen molar-refractivity contribution in [3.63, 3.8) is 0 Å². The van der Waals surface area contributed by atoms with Crippen LogP contribution in [-0.4, -0.2) is 26.3 Å². The summed E-state index contributed by atoms with van der Waals surface area (Å²) in [6, 6.07) is 17.8. The zero-order valence-electron chi connectivity index (χ0n) is 10.6. The Morgan fingerprint density at radius 1 is 1.05 bits per heavy atom. The largest absolute Gasteiger partial charge is 0.378 e. The monoisotopic (exact) mass is 316 g/mol. The number of halogens is 1. The van der Waals surface area contributed by atoms with Crippen molar-refractivity contribution in [2.45, 2.75) is 0 Å². The van der Waals surface area contributed by atoms with Crippen LogP contribution in [0.2, 0.25) is 0 Å². The summed E-state index contributed by atoms with van der Waals surface area (Å²) in [5, 5.41) is 0. The Morgan fingerprint density at radius 3 is 2.63 bits per heavy atom. The zero-order chi connectivity index (χ0) is 13.1. The van der Waals surface area contributed by atoms with Crippen molar-refractivity contribution in [3.05, 3.63) is 53.0 Å². The molecule has 0 amide bonds. The summed E-state index contributed by atoms with van der Waals surface area (Å²) in [5.41, 5.74) is 3.59. The number of rotatable bonds is 2. The van der Waals surface area contributed by atoms with Crippen LogP contribution in [0.25, 0.3) is 11.1 Å². The van der Waals surface area contributed by atoms with E-state index in [2.05, 4.69) is 57.2 Å². The van der Waals surface area contributed by atoms with Crippen LogP contribution in [0.15, 0.2) is 46.9 Å². The third kappa shape index (κ3) is 2.67. The third-order valence-corrected chi connectivity index (χ3v) is 3.99. The number of morpholine rings is 1. The van der Waals surface area contributed by atoms with Gasteiger partial charge in [0.25, 0.3) is 0 Å². The number of hydrogen-bond donors (Lipinski definition) is 0. The molecule has 3 heteroatoms. The van der Waals surface area contributed by atoms with Gasteiger partial charge in [0.1, 0.15) is 0 Å². The average molecular weight is 317 g/mol. The Morgan fingerprint density at radius 2 is 1.84 bits per heavy atom. The molecule has 1 fully saturated rings. The topological polar surface area (TPSA) is 12.5 Å². The lowest BCUT2D eigenvalue weighted by Crippen LogP contribution is -2.36. The highest BCUT2D eigenvalue weighted by Gasteiger charge is 2.16. The molecule has 1 aliphatic heterocycles. The van der Waals surface area contributed by atoms with E-state index in [-0.39, 0.29) is 0 Å². The highest BCUT2D eigenvalue weighted by atomic mass is 79.9. The van der Waals surface area contributed by atoms with Crippen molar-refractivity contribution in [3.8, 4) is 11.1 Å². The van der Waals surface area contributed by atoms with Crippen molar-refractivity contribution in [1.82, 2.24) is 0 Å². The van der Waals surface area contributed by atoms with Crippen molar-refractivity contribution < 1.29 is 4.74 Å². The predicted molar refractivity (Wildman–Crippen MR) is 81.4 cm³/mol. The molecule has 3 rings (SSSR count). The van der Waals surface area contributed by atoms with E-state index in [4.69, 9.17) is 4.74 Å². The lowest BCUT2D eigenvalue weighted by molar-refractivity contribution is 0.123. The van der Waals surface area contributed by atoms with Gasteiger partial charge in [0.05, 0.1) is 13.2 Å². The smallest absolute Gasteiger partial charge is 0.0642 e. The lowest BCUT2D eigenvalue weighted by Gasteiger charge is -2.30. The SMILES string of the molecule is Brc1ccc[c]c1-c1ccccc1N1CCOCC1. The Bertz CT molecular complexity index is 564. The van der Waals surface area contributed by atoms with Crippen LogP contribution in [0.4, 0.5) is 5.69 Å². The summed E-state index contributed by atoms with van der Waals surface area (Å²) >= 11 is 3.62. The van der Waals surface area contributed by atoms with Crippen LogP contribution in [0.1, 0.15) is 0 Å². The van der Waals surface area contributed by atoms with Gasteiger partial charge in [-0.25, -0.2) is 0 Å². The normalized spacial score (nSPS) is 15.5. The summed E-state index contributed by atoms with van der Waals surface area (Å²) in [6.45, 7) is 3.49. The minimum Gasteiger partial charge on any atom is -0.378 e. The van der Waals surface area contributed by atoms with E-state index >= 15 is 0 Å². The summed E-state index contributed by atoms with van der Waals surface area (Å²) in [6.07, 6.45) is 0. The molecule has 0 atom stereocenters. The maximum Gasteiger partial charge on any atom is 0.0642 e. The molecule has 97 valence electrons. The number of nitrogens with zero attached hydrogens (tertiary/aromatic N) is 1. The lowest BCUT2D eigenvalue weighted by atomic mass is 10.0. The molecule has 0 unspecified atom stereocenters. The van der Waals surface area contributed by atoms with Gasteiger partial charge in [-0.15, -0.1) is 0 Å². The van der Waals surface area contributed by atoms with Gasteiger partial charge in [0.15, 0.2) is 0 Å². The van der Waals surface area contributed by atoms with Crippen LogP contribution in [0.5, 0.6) is 0 Å². The molecule has 0 saturated carbocycles. The first-order valence-corrected chi connectivity index (χ1v) is 7.24. The molecular weight excluding hydrogens is 302 g/mol. The highest BCUT2D eigenvalue weighted by Crippen LogP contribution is 2.35. The minimum atomic E-state index is 0.800. The van der Waals surface area contributed by atoms with Crippen LogP contribution in [0.3, 0.4) is 0 Å². The number of para-hydroxylation sites is 1. The Balaban J connectivity index is 2.04. The standard InChI is InChI=1S/C16H15BrNO/c17-15-7-3-1-5-13(15)14-6-2-4-8-16(14)18-9-11-19-12-10-18/h1-4,6-8H,9-12H2. The van der Waals surface area contributed by atoms with Gasteiger partial charge in [-0.05, 0) is 18.2 Å².